The summed E-state index contributed by atoms with van der Waals surface area (Å²) in [6.45, 7) is 20.9. The Kier molecular flexibility index (Phi) is 9.95. The molecule has 0 amide bonds. The zero-order valence-corrected chi connectivity index (χ0v) is 21.8. The Hall–Kier alpha value is 0.628. The Balaban J connectivity index is 5.89. The van der Waals surface area contributed by atoms with E-state index in [0.717, 1.165) is 0 Å². The molecule has 2 atom stereocenters. The molecule has 0 spiro atoms. The molecule has 25 heavy (non-hydrogen) atoms. The summed E-state index contributed by atoms with van der Waals surface area (Å²) in [5.41, 5.74) is -0.348. The van der Waals surface area contributed by atoms with Crippen LogP contribution >= 0.6 is 0 Å². The lowest BCUT2D eigenvalue weighted by atomic mass is 10.4. The lowest BCUT2D eigenvalue weighted by molar-refractivity contribution is -0.0247. The van der Waals surface area contributed by atoms with Crippen LogP contribution in [0.4, 0.5) is 0 Å². The van der Waals surface area contributed by atoms with E-state index < -0.39 is 39.9 Å². The van der Waals surface area contributed by atoms with Crippen LogP contribution in [0.15, 0.2) is 0 Å². The van der Waals surface area contributed by atoms with Crippen molar-refractivity contribution in [3.63, 3.8) is 0 Å². The zero-order chi connectivity index (χ0) is 20.1. The van der Waals surface area contributed by atoms with Gasteiger partial charge in [-0.15, -0.1) is 0 Å². The Morgan fingerprint density at radius 3 is 1.36 bits per heavy atom. The minimum atomic E-state index is -3.14. The first kappa shape index (κ1) is 25.6. The fraction of sp³-hybridized carbons (Fsp3) is 1.00. The summed E-state index contributed by atoms with van der Waals surface area (Å²) in [7, 11) is -9.05. The van der Waals surface area contributed by atoms with Crippen LogP contribution in [-0.4, -0.2) is 69.0 Å². The second-order valence-electron chi connectivity index (χ2n) is 9.31. The molecule has 0 aliphatic carbocycles. The van der Waals surface area contributed by atoms with Crippen molar-refractivity contribution in [1.29, 1.82) is 0 Å². The van der Waals surface area contributed by atoms with Crippen LogP contribution < -0.4 is 0 Å². The van der Waals surface area contributed by atoms with E-state index in [0.29, 0.717) is 6.42 Å². The smallest absolute Gasteiger partial charge is 0.415 e. The number of rotatable bonds is 12. The van der Waals surface area contributed by atoms with Gasteiger partial charge in [0.1, 0.15) is 11.8 Å². The van der Waals surface area contributed by atoms with Crippen molar-refractivity contribution in [3.8, 4) is 0 Å². The lowest BCUT2D eigenvalue weighted by Crippen LogP contribution is -2.67. The molecule has 0 heterocycles. The van der Waals surface area contributed by atoms with E-state index in [2.05, 4.69) is 58.9 Å². The topological polar surface area (TPSA) is 77.4 Å². The summed E-state index contributed by atoms with van der Waals surface area (Å²) < 4.78 is 25.9. The average molecular weight is 429 g/mol. The van der Waals surface area contributed by atoms with Gasteiger partial charge in [0.05, 0.1) is 13.2 Å². The third kappa shape index (κ3) is 11.2. The van der Waals surface area contributed by atoms with E-state index in [-0.39, 0.29) is 18.9 Å². The molecule has 6 nitrogen and oxygen atoms in total. The normalized spacial score (nSPS) is 16.8. The summed E-state index contributed by atoms with van der Waals surface area (Å²) in [5, 5.41) is 18.8. The summed E-state index contributed by atoms with van der Waals surface area (Å²) in [5.74, 6) is 0. The highest BCUT2D eigenvalue weighted by molar-refractivity contribution is 6.90. The molecule has 0 bridgehead atoms. The maximum Gasteiger partial charge on any atom is 0.500 e. The summed E-state index contributed by atoms with van der Waals surface area (Å²) in [6.07, 6.45) is -0.240. The third-order valence-electron chi connectivity index (χ3n) is 2.81. The van der Waals surface area contributed by atoms with Gasteiger partial charge in [0.15, 0.2) is 25.0 Å². The van der Waals surface area contributed by atoms with Crippen LogP contribution in [0.3, 0.4) is 0 Å². The molecule has 0 aliphatic heterocycles. The van der Waals surface area contributed by atoms with E-state index in [9.17, 15) is 5.11 Å². The highest BCUT2D eigenvalue weighted by Crippen LogP contribution is 2.31. The zero-order valence-electron chi connectivity index (χ0n) is 17.8. The molecule has 0 aromatic rings. The Bertz CT molecular complexity index is 348. The molecule has 0 saturated carbocycles. The number of aliphatic hydroxyl groups is 2. The van der Waals surface area contributed by atoms with Gasteiger partial charge >= 0.3 is 8.80 Å². The number of hydrogen-bond donors (Lipinski definition) is 2. The van der Waals surface area contributed by atoms with Gasteiger partial charge in [-0.3, -0.25) is 0 Å². The molecule has 0 rings (SSSR count). The molecule has 2 unspecified atom stereocenters. The molecule has 2 N–H and O–H groups in total. The van der Waals surface area contributed by atoms with Crippen molar-refractivity contribution in [2.75, 3.05) is 13.2 Å². The Morgan fingerprint density at radius 2 is 1.12 bits per heavy atom. The van der Waals surface area contributed by atoms with Gasteiger partial charge in [-0.2, -0.15) is 0 Å². The van der Waals surface area contributed by atoms with Crippen LogP contribution in [0.2, 0.25) is 58.9 Å². The summed E-state index contributed by atoms with van der Waals surface area (Å²) in [4.78, 5) is 0. The van der Waals surface area contributed by atoms with Gasteiger partial charge in [0.2, 0.25) is 0 Å². The quantitative estimate of drug-likeness (QED) is 0.465. The predicted molar refractivity (Wildman–Crippen MR) is 112 cm³/mol. The molecule has 0 aliphatic rings. The first-order chi connectivity index (χ1) is 11.0. The van der Waals surface area contributed by atoms with Gasteiger partial charge in [0, 0.05) is 0 Å². The molecule has 0 aromatic carbocycles. The number of ether oxygens (including phenoxy) is 1. The maximum absolute atomic E-state index is 9.71. The van der Waals surface area contributed by atoms with Crippen molar-refractivity contribution in [1.82, 2.24) is 0 Å². The fourth-order valence-corrected chi connectivity index (χ4v) is 16.5. The van der Waals surface area contributed by atoms with E-state index in [1.807, 2.05) is 6.92 Å². The second kappa shape index (κ2) is 9.71. The number of hydrogen-bond acceptors (Lipinski definition) is 6. The first-order valence-corrected chi connectivity index (χ1v) is 21.1. The molecule has 0 aromatic heterocycles. The Labute approximate surface area is 158 Å². The van der Waals surface area contributed by atoms with Crippen LogP contribution in [0, 0.1) is 0 Å². The summed E-state index contributed by atoms with van der Waals surface area (Å²) in [6, 6.07) is 0. The van der Waals surface area contributed by atoms with Gasteiger partial charge < -0.3 is 27.3 Å². The van der Waals surface area contributed by atoms with Gasteiger partial charge in [-0.05, 0) is 65.3 Å². The van der Waals surface area contributed by atoms with Crippen molar-refractivity contribution in [2.24, 2.45) is 0 Å². The minimum Gasteiger partial charge on any atom is -0.415 e. The van der Waals surface area contributed by atoms with Crippen LogP contribution in [0.5, 0.6) is 0 Å². The first-order valence-electron chi connectivity index (χ1n) is 9.04. The largest absolute Gasteiger partial charge is 0.500 e. The number of aliphatic hydroxyl groups excluding tert-OH is 2. The maximum atomic E-state index is 9.71. The molecule has 0 fully saturated rings. The van der Waals surface area contributed by atoms with E-state index in [1.54, 1.807) is 0 Å². The van der Waals surface area contributed by atoms with Crippen LogP contribution in [0.1, 0.15) is 13.3 Å². The van der Waals surface area contributed by atoms with Crippen molar-refractivity contribution in [2.45, 2.75) is 84.1 Å². The minimum absolute atomic E-state index is 0.0446. The van der Waals surface area contributed by atoms with Crippen LogP contribution in [-0.2, 0) is 17.1 Å². The fourth-order valence-electron chi connectivity index (χ4n) is 2.29. The third-order valence-corrected chi connectivity index (χ3v) is 14.9. The van der Waals surface area contributed by atoms with Gasteiger partial charge in [0.25, 0.3) is 0 Å². The SMILES string of the molecule is CCC(OCC(O)CO)[Si](O[Si](C)(C)C)(O[Si](C)(C)C)O[Si](C)(C)C. The van der Waals surface area contributed by atoms with Crippen LogP contribution in [0.25, 0.3) is 0 Å². The van der Waals surface area contributed by atoms with E-state index >= 15 is 0 Å². The molecule has 152 valence electrons. The van der Waals surface area contributed by atoms with Crippen molar-refractivity contribution < 1.29 is 27.3 Å². The molecule has 0 saturated heterocycles. The summed E-state index contributed by atoms with van der Waals surface area (Å²) >= 11 is 0. The van der Waals surface area contributed by atoms with Crippen molar-refractivity contribution >= 4 is 33.8 Å². The standard InChI is InChI=1S/C15H40O6Si4/c1-11-15(18-13-14(17)12-16)25(19-22(2,3)4,20-23(5,6)7)21-24(8,9)10/h14-17H,11-13H2,1-10H3. The monoisotopic (exact) mass is 428 g/mol. The highest BCUT2D eigenvalue weighted by atomic mass is 28.5. The lowest BCUT2D eigenvalue weighted by Gasteiger charge is -2.46. The molecule has 10 heteroatoms. The second-order valence-corrected chi connectivity index (χ2v) is 26.3. The highest BCUT2D eigenvalue weighted by Gasteiger charge is 2.56. The van der Waals surface area contributed by atoms with Gasteiger partial charge in [-0.25, -0.2) is 0 Å². The Morgan fingerprint density at radius 1 is 0.760 bits per heavy atom. The van der Waals surface area contributed by atoms with E-state index in [1.165, 1.54) is 0 Å². The average Bonchev–Trinajstić information content (AvgIpc) is 2.32. The molecular formula is C15H40O6Si4. The predicted octanol–water partition coefficient (Wildman–Crippen LogP) is 3.17. The van der Waals surface area contributed by atoms with Crippen molar-refractivity contribution in [3.05, 3.63) is 0 Å². The molecule has 0 radical (unpaired) electrons. The van der Waals surface area contributed by atoms with Gasteiger partial charge in [-0.1, -0.05) is 6.92 Å². The van der Waals surface area contributed by atoms with E-state index in [4.69, 9.17) is 22.2 Å². The molecular weight excluding hydrogens is 389 g/mol.